The van der Waals surface area contributed by atoms with Gasteiger partial charge in [0.25, 0.3) is 0 Å². The lowest BCUT2D eigenvalue weighted by Crippen LogP contribution is -2.67. The maximum Gasteiger partial charge on any atom is 0.326 e. The highest BCUT2D eigenvalue weighted by molar-refractivity contribution is 5.98. The molecule has 2 aliphatic carbocycles. The normalized spacial score (nSPS) is 31.6. The number of nitrogens with one attached hydrogen (secondary N) is 1. The minimum atomic E-state index is -0.335. The fourth-order valence-corrected chi connectivity index (χ4v) is 5.88. The first-order chi connectivity index (χ1) is 13.6. The van der Waals surface area contributed by atoms with Crippen LogP contribution in [-0.4, -0.2) is 70.5 Å². The monoisotopic (exact) mass is 381 g/mol. The molecule has 4 heterocycles. The van der Waals surface area contributed by atoms with Crippen molar-refractivity contribution in [3.05, 3.63) is 24.4 Å². The van der Waals surface area contributed by atoms with Crippen LogP contribution < -0.4 is 10.2 Å². The minimum absolute atomic E-state index is 0.0351. The van der Waals surface area contributed by atoms with Crippen molar-refractivity contribution in [3.63, 3.8) is 0 Å². The van der Waals surface area contributed by atoms with Crippen molar-refractivity contribution in [2.45, 2.75) is 62.7 Å². The topological polar surface area (TPSA) is 68.8 Å². The number of nitrogens with zero attached hydrogens (tertiary/aromatic N) is 4. The number of carbonyl (C=O) groups excluding carboxylic acids is 2. The molecule has 2 bridgehead atoms. The Kier molecular flexibility index (Phi) is 3.55. The van der Waals surface area contributed by atoms with Gasteiger partial charge in [0, 0.05) is 37.9 Å². The van der Waals surface area contributed by atoms with Crippen LogP contribution >= 0.6 is 0 Å². The number of likely N-dealkylation sites (tertiary alicyclic amines) is 1. The number of aromatic nitrogens is 1. The first kappa shape index (κ1) is 16.8. The number of piperidine rings is 1. The molecule has 1 aromatic heterocycles. The number of hydrogen-bond donors (Lipinski definition) is 1. The van der Waals surface area contributed by atoms with Crippen molar-refractivity contribution >= 4 is 17.8 Å². The lowest BCUT2D eigenvalue weighted by atomic mass is 9.60. The Bertz CT molecular complexity index is 796. The van der Waals surface area contributed by atoms with Gasteiger partial charge in [0.1, 0.15) is 11.9 Å². The highest BCUT2D eigenvalue weighted by atomic mass is 16.2. The molecule has 5 fully saturated rings. The van der Waals surface area contributed by atoms with Crippen LogP contribution in [0.4, 0.5) is 10.6 Å². The molecule has 3 aliphatic heterocycles. The number of hydrogen-bond acceptors (Lipinski definition) is 4. The SMILES string of the molecule is O=C(NC1CC2(C1)CN(C1CC1)C2)[C@@H]1CC[C@@H]2CN1C(=O)N2c1ccccn1. The number of anilines is 1. The molecule has 1 spiro atoms. The second-order valence-corrected chi connectivity index (χ2v) is 9.49. The Morgan fingerprint density at radius 3 is 2.61 bits per heavy atom. The molecule has 3 amide bonds. The number of rotatable bonds is 4. The molecule has 0 unspecified atom stereocenters. The van der Waals surface area contributed by atoms with E-state index >= 15 is 0 Å². The quantitative estimate of drug-likeness (QED) is 0.860. The van der Waals surface area contributed by atoms with Crippen LogP contribution in [-0.2, 0) is 4.79 Å². The van der Waals surface area contributed by atoms with E-state index in [0.717, 1.165) is 31.7 Å². The van der Waals surface area contributed by atoms with E-state index in [-0.39, 0.29) is 30.1 Å². The van der Waals surface area contributed by atoms with E-state index in [1.54, 1.807) is 16.0 Å². The van der Waals surface area contributed by atoms with Gasteiger partial charge in [-0.05, 0) is 56.1 Å². The first-order valence-corrected chi connectivity index (χ1v) is 10.7. The van der Waals surface area contributed by atoms with Crippen molar-refractivity contribution in [2.24, 2.45) is 5.41 Å². The van der Waals surface area contributed by atoms with Crippen LogP contribution in [0.15, 0.2) is 24.4 Å². The van der Waals surface area contributed by atoms with Crippen LogP contribution in [0.1, 0.15) is 38.5 Å². The van der Waals surface area contributed by atoms with Crippen molar-refractivity contribution in [3.8, 4) is 0 Å². The van der Waals surface area contributed by atoms with Gasteiger partial charge in [0.05, 0.1) is 6.04 Å². The molecule has 6 rings (SSSR count). The first-order valence-electron chi connectivity index (χ1n) is 10.7. The fourth-order valence-electron chi connectivity index (χ4n) is 5.88. The van der Waals surface area contributed by atoms with Crippen LogP contribution in [0.25, 0.3) is 0 Å². The summed E-state index contributed by atoms with van der Waals surface area (Å²) in [6.45, 7) is 3.07. The molecule has 148 valence electrons. The van der Waals surface area contributed by atoms with Crippen molar-refractivity contribution in [1.82, 2.24) is 20.1 Å². The zero-order valence-electron chi connectivity index (χ0n) is 16.1. The Balaban J connectivity index is 1.07. The predicted octanol–water partition coefficient (Wildman–Crippen LogP) is 1.60. The van der Waals surface area contributed by atoms with Crippen LogP contribution in [0.3, 0.4) is 0 Å². The summed E-state index contributed by atoms with van der Waals surface area (Å²) < 4.78 is 0. The number of carbonyl (C=O) groups is 2. The fraction of sp³-hybridized carbons (Fsp3) is 0.667. The summed E-state index contributed by atoms with van der Waals surface area (Å²) in [5, 5.41) is 3.24. The minimum Gasteiger partial charge on any atom is -0.352 e. The second kappa shape index (κ2) is 5.92. The maximum absolute atomic E-state index is 13.0. The summed E-state index contributed by atoms with van der Waals surface area (Å²) in [5.74, 6) is 0.722. The Morgan fingerprint density at radius 1 is 1.11 bits per heavy atom. The van der Waals surface area contributed by atoms with E-state index in [2.05, 4.69) is 15.2 Å². The van der Waals surface area contributed by atoms with Crippen molar-refractivity contribution in [2.75, 3.05) is 24.5 Å². The Labute approximate surface area is 165 Å². The average molecular weight is 381 g/mol. The van der Waals surface area contributed by atoms with Gasteiger partial charge in [-0.1, -0.05) is 6.07 Å². The van der Waals surface area contributed by atoms with E-state index in [1.807, 2.05) is 18.2 Å². The molecule has 28 heavy (non-hydrogen) atoms. The predicted molar refractivity (Wildman–Crippen MR) is 104 cm³/mol. The molecule has 0 radical (unpaired) electrons. The average Bonchev–Trinajstić information content (AvgIpc) is 3.44. The van der Waals surface area contributed by atoms with E-state index in [1.165, 1.54) is 25.9 Å². The summed E-state index contributed by atoms with van der Waals surface area (Å²) in [6, 6.07) is 6.48. The summed E-state index contributed by atoms with van der Waals surface area (Å²) in [6.07, 6.45) is 8.25. The van der Waals surface area contributed by atoms with E-state index in [0.29, 0.717) is 17.8 Å². The summed E-state index contributed by atoms with van der Waals surface area (Å²) in [4.78, 5) is 36.4. The van der Waals surface area contributed by atoms with E-state index in [9.17, 15) is 9.59 Å². The lowest BCUT2D eigenvalue weighted by molar-refractivity contribution is -0.132. The highest BCUT2D eigenvalue weighted by Gasteiger charge is 2.56. The number of amides is 3. The molecule has 7 nitrogen and oxygen atoms in total. The molecule has 1 N–H and O–H groups in total. The molecule has 5 aliphatic rings. The maximum atomic E-state index is 13.0. The Hall–Kier alpha value is -2.15. The number of pyridine rings is 1. The molecule has 7 heteroatoms. The number of urea groups is 1. The van der Waals surface area contributed by atoms with Gasteiger partial charge in [-0.15, -0.1) is 0 Å². The zero-order chi connectivity index (χ0) is 18.9. The largest absolute Gasteiger partial charge is 0.352 e. The second-order valence-electron chi connectivity index (χ2n) is 9.49. The zero-order valence-corrected chi connectivity index (χ0v) is 16.1. The van der Waals surface area contributed by atoms with Gasteiger partial charge in [-0.3, -0.25) is 14.6 Å². The molecule has 3 saturated heterocycles. The molecular formula is C21H27N5O2. The van der Waals surface area contributed by atoms with Gasteiger partial charge in [0.15, 0.2) is 0 Å². The standard InChI is InChI=1S/C21H27N5O2/c27-19(23-14-9-21(10-14)12-24(13-21)15-4-5-15)17-7-6-16-11-25(17)20(28)26(16)18-3-1-2-8-22-18/h1-3,8,14-17H,4-7,9-13H2,(H,23,27)/t16-,17+/m1/s1. The van der Waals surface area contributed by atoms with Crippen molar-refractivity contribution < 1.29 is 9.59 Å². The third kappa shape index (κ3) is 2.55. The third-order valence-corrected chi connectivity index (χ3v) is 7.42. The van der Waals surface area contributed by atoms with Crippen LogP contribution in [0.2, 0.25) is 0 Å². The van der Waals surface area contributed by atoms with Gasteiger partial charge in [0.2, 0.25) is 5.91 Å². The highest BCUT2D eigenvalue weighted by Crippen LogP contribution is 2.51. The summed E-state index contributed by atoms with van der Waals surface area (Å²) >= 11 is 0. The summed E-state index contributed by atoms with van der Waals surface area (Å²) in [7, 11) is 0. The molecule has 1 aromatic rings. The van der Waals surface area contributed by atoms with Gasteiger partial charge in [-0.2, -0.15) is 0 Å². The van der Waals surface area contributed by atoms with E-state index < -0.39 is 0 Å². The molecule has 2 saturated carbocycles. The van der Waals surface area contributed by atoms with Gasteiger partial charge >= 0.3 is 6.03 Å². The molecular weight excluding hydrogens is 354 g/mol. The molecule has 0 aromatic carbocycles. The van der Waals surface area contributed by atoms with Crippen LogP contribution in [0.5, 0.6) is 0 Å². The van der Waals surface area contributed by atoms with Crippen LogP contribution in [0, 0.1) is 5.41 Å². The summed E-state index contributed by atoms with van der Waals surface area (Å²) in [5.41, 5.74) is 0.470. The van der Waals surface area contributed by atoms with E-state index in [4.69, 9.17) is 0 Å². The Morgan fingerprint density at radius 2 is 1.89 bits per heavy atom. The number of fused-ring (bicyclic) bond motifs is 2. The third-order valence-electron chi connectivity index (χ3n) is 7.42. The van der Waals surface area contributed by atoms with Gasteiger partial charge < -0.3 is 10.2 Å². The smallest absolute Gasteiger partial charge is 0.326 e. The van der Waals surface area contributed by atoms with Crippen molar-refractivity contribution in [1.29, 1.82) is 0 Å². The molecule has 2 atom stereocenters. The van der Waals surface area contributed by atoms with Gasteiger partial charge in [-0.25, -0.2) is 9.78 Å². The lowest BCUT2D eigenvalue weighted by Gasteiger charge is -2.59.